The SMILES string of the molecule is COC(=O)CNC(=O)C1N=CC(OS(=O)(=O)C(F)(F)F)=CC1(C)O. The number of esters is 1. The molecule has 2 unspecified atom stereocenters. The van der Waals surface area contributed by atoms with Crippen molar-refractivity contribution in [2.24, 2.45) is 4.99 Å². The molecule has 0 aromatic carbocycles. The minimum absolute atomic E-state index is 0.521. The summed E-state index contributed by atoms with van der Waals surface area (Å²) in [4.78, 5) is 26.2. The fraction of sp³-hybridized carbons (Fsp3) is 0.545. The van der Waals surface area contributed by atoms with Crippen molar-refractivity contribution < 1.29 is 45.2 Å². The van der Waals surface area contributed by atoms with E-state index < -0.39 is 51.4 Å². The Hall–Kier alpha value is -2.15. The second-order valence-corrected chi connectivity index (χ2v) is 6.27. The number of hydrogen-bond donors (Lipinski definition) is 2. The van der Waals surface area contributed by atoms with E-state index in [1.165, 1.54) is 0 Å². The Morgan fingerprint density at radius 1 is 1.46 bits per heavy atom. The summed E-state index contributed by atoms with van der Waals surface area (Å²) in [6.07, 6.45) is 1.13. The molecule has 0 saturated heterocycles. The van der Waals surface area contributed by atoms with Gasteiger partial charge in [-0.1, -0.05) is 0 Å². The fourth-order valence-electron chi connectivity index (χ4n) is 1.58. The van der Waals surface area contributed by atoms with Crippen molar-refractivity contribution in [2.45, 2.75) is 24.1 Å². The van der Waals surface area contributed by atoms with Gasteiger partial charge in [0.25, 0.3) is 0 Å². The maximum Gasteiger partial charge on any atom is 0.534 e. The number of halogens is 3. The average molecular weight is 374 g/mol. The molecule has 0 aliphatic carbocycles. The summed E-state index contributed by atoms with van der Waals surface area (Å²) in [7, 11) is -4.86. The Kier molecular flexibility index (Phi) is 5.61. The van der Waals surface area contributed by atoms with Gasteiger partial charge in [0.15, 0.2) is 11.8 Å². The van der Waals surface area contributed by atoms with Gasteiger partial charge < -0.3 is 19.3 Å². The minimum Gasteiger partial charge on any atom is -0.468 e. The molecule has 2 N–H and O–H groups in total. The normalized spacial score (nSPS) is 24.1. The molecule has 9 nitrogen and oxygen atoms in total. The molecule has 1 aliphatic heterocycles. The lowest BCUT2D eigenvalue weighted by Crippen LogP contribution is -2.50. The number of ether oxygens (including phenoxy) is 1. The molecule has 0 radical (unpaired) electrons. The first kappa shape index (κ1) is 19.9. The Morgan fingerprint density at radius 2 is 2.04 bits per heavy atom. The third-order valence-electron chi connectivity index (χ3n) is 2.71. The van der Waals surface area contributed by atoms with Crippen LogP contribution in [0.4, 0.5) is 13.2 Å². The third kappa shape index (κ3) is 4.67. The van der Waals surface area contributed by atoms with Gasteiger partial charge in [-0.15, -0.1) is 0 Å². The summed E-state index contributed by atoms with van der Waals surface area (Å²) in [6, 6.07) is -1.54. The predicted octanol–water partition coefficient (Wildman–Crippen LogP) is -0.770. The molecule has 0 fully saturated rings. The molecule has 0 aromatic rings. The van der Waals surface area contributed by atoms with Gasteiger partial charge in [-0.2, -0.15) is 21.6 Å². The van der Waals surface area contributed by atoms with Gasteiger partial charge in [0, 0.05) is 0 Å². The summed E-state index contributed by atoms with van der Waals surface area (Å²) in [5.41, 5.74) is -7.83. The van der Waals surface area contributed by atoms with Crippen molar-refractivity contribution in [1.29, 1.82) is 0 Å². The minimum atomic E-state index is -5.94. The number of methoxy groups -OCH3 is 1. The van der Waals surface area contributed by atoms with Crippen LogP contribution in [-0.4, -0.2) is 62.4 Å². The van der Waals surface area contributed by atoms with E-state index in [1.54, 1.807) is 0 Å². The summed E-state index contributed by atoms with van der Waals surface area (Å²) < 4.78 is 66.6. The van der Waals surface area contributed by atoms with Crippen LogP contribution < -0.4 is 5.32 Å². The molecule has 136 valence electrons. The van der Waals surface area contributed by atoms with Crippen molar-refractivity contribution in [1.82, 2.24) is 5.32 Å². The smallest absolute Gasteiger partial charge is 0.468 e. The van der Waals surface area contributed by atoms with E-state index in [-0.39, 0.29) is 0 Å². The van der Waals surface area contributed by atoms with E-state index >= 15 is 0 Å². The number of aliphatic imine (C=N–C) groups is 1. The summed E-state index contributed by atoms with van der Waals surface area (Å²) >= 11 is 0. The number of dihydropyridines is 1. The molecule has 1 rings (SSSR count). The number of amides is 1. The number of nitrogens with one attached hydrogen (secondary N) is 1. The van der Waals surface area contributed by atoms with Crippen LogP contribution in [-0.2, 0) is 28.6 Å². The van der Waals surface area contributed by atoms with Crippen molar-refractivity contribution in [3.63, 3.8) is 0 Å². The van der Waals surface area contributed by atoms with Crippen LogP contribution in [0.25, 0.3) is 0 Å². The number of allylic oxidation sites excluding steroid dienone is 1. The van der Waals surface area contributed by atoms with Crippen LogP contribution in [0.5, 0.6) is 0 Å². The highest BCUT2D eigenvalue weighted by Gasteiger charge is 2.49. The summed E-state index contributed by atoms with van der Waals surface area (Å²) in [5, 5.41) is 12.2. The monoisotopic (exact) mass is 374 g/mol. The summed E-state index contributed by atoms with van der Waals surface area (Å²) in [6.45, 7) is 0.475. The van der Waals surface area contributed by atoms with Crippen LogP contribution >= 0.6 is 0 Å². The molecular weight excluding hydrogens is 361 g/mol. The van der Waals surface area contributed by atoms with Crippen LogP contribution in [0.15, 0.2) is 16.8 Å². The second kappa shape index (κ2) is 6.76. The Labute approximate surface area is 134 Å². The molecule has 13 heteroatoms. The standard InChI is InChI=1S/C11H13F3N2O7S/c1-10(19)3-6(23-24(20,21)11(12,13)14)4-15-8(10)9(18)16-5-7(17)22-2/h3-4,8,19H,5H2,1-2H3,(H,16,18). The van der Waals surface area contributed by atoms with E-state index in [0.29, 0.717) is 12.3 Å². The van der Waals surface area contributed by atoms with Gasteiger partial charge in [0.2, 0.25) is 5.91 Å². The Bertz CT molecular complexity index is 682. The van der Waals surface area contributed by atoms with E-state index in [1.807, 2.05) is 0 Å². The van der Waals surface area contributed by atoms with Crippen molar-refractivity contribution in [2.75, 3.05) is 13.7 Å². The number of carbonyl (C=O) groups excluding carboxylic acids is 2. The molecule has 1 heterocycles. The lowest BCUT2D eigenvalue weighted by molar-refractivity contribution is -0.141. The Morgan fingerprint density at radius 3 is 2.50 bits per heavy atom. The second-order valence-electron chi connectivity index (χ2n) is 4.73. The zero-order valence-electron chi connectivity index (χ0n) is 12.3. The van der Waals surface area contributed by atoms with Gasteiger partial charge in [-0.25, -0.2) is 0 Å². The number of rotatable bonds is 5. The van der Waals surface area contributed by atoms with Gasteiger partial charge in [0.1, 0.15) is 12.1 Å². The number of aliphatic hydroxyl groups is 1. The molecule has 0 saturated carbocycles. The number of alkyl halides is 3. The molecule has 24 heavy (non-hydrogen) atoms. The van der Waals surface area contributed by atoms with Crippen LogP contribution in [0.3, 0.4) is 0 Å². The van der Waals surface area contributed by atoms with Crippen molar-refractivity contribution in [3.8, 4) is 0 Å². The molecule has 1 aliphatic rings. The van der Waals surface area contributed by atoms with Crippen LogP contribution in [0.1, 0.15) is 6.92 Å². The highest BCUT2D eigenvalue weighted by molar-refractivity contribution is 7.87. The highest BCUT2D eigenvalue weighted by atomic mass is 32.2. The maximum atomic E-state index is 12.2. The van der Waals surface area contributed by atoms with E-state index in [4.69, 9.17) is 0 Å². The number of carbonyl (C=O) groups is 2. The first-order valence-electron chi connectivity index (χ1n) is 6.14. The number of nitrogens with zero attached hydrogens (tertiary/aromatic N) is 1. The van der Waals surface area contributed by atoms with E-state index in [9.17, 15) is 36.3 Å². The van der Waals surface area contributed by atoms with Crippen LogP contribution in [0, 0.1) is 0 Å². The van der Waals surface area contributed by atoms with E-state index in [0.717, 1.165) is 14.0 Å². The van der Waals surface area contributed by atoms with Crippen LogP contribution in [0.2, 0.25) is 0 Å². The first-order chi connectivity index (χ1) is 10.8. The fourth-order valence-corrected chi connectivity index (χ4v) is 2.02. The highest BCUT2D eigenvalue weighted by Crippen LogP contribution is 2.29. The van der Waals surface area contributed by atoms with Crippen molar-refractivity contribution >= 4 is 28.2 Å². The molecular formula is C11H13F3N2O7S. The molecule has 0 bridgehead atoms. The zero-order valence-corrected chi connectivity index (χ0v) is 13.1. The molecule has 0 aromatic heterocycles. The molecule has 2 atom stereocenters. The Balaban J connectivity index is 2.88. The molecule has 1 amide bonds. The topological polar surface area (TPSA) is 131 Å². The third-order valence-corrected chi connectivity index (χ3v) is 3.69. The maximum absolute atomic E-state index is 12.2. The van der Waals surface area contributed by atoms with Gasteiger partial charge in [-0.3, -0.25) is 14.6 Å². The van der Waals surface area contributed by atoms with Gasteiger partial charge in [-0.05, 0) is 13.0 Å². The summed E-state index contributed by atoms with van der Waals surface area (Å²) in [5.74, 6) is -2.62. The quantitative estimate of drug-likeness (QED) is 0.367. The molecule has 0 spiro atoms. The van der Waals surface area contributed by atoms with Gasteiger partial charge >= 0.3 is 21.6 Å². The van der Waals surface area contributed by atoms with E-state index in [2.05, 4.69) is 19.2 Å². The lowest BCUT2D eigenvalue weighted by Gasteiger charge is -2.29. The average Bonchev–Trinajstić information content (AvgIpc) is 2.41. The predicted molar refractivity (Wildman–Crippen MR) is 72.1 cm³/mol. The van der Waals surface area contributed by atoms with Gasteiger partial charge in [0.05, 0.1) is 13.3 Å². The lowest BCUT2D eigenvalue weighted by atomic mass is 9.93. The first-order valence-corrected chi connectivity index (χ1v) is 7.54. The largest absolute Gasteiger partial charge is 0.534 e. The number of hydrogen-bond acceptors (Lipinski definition) is 8. The zero-order chi connectivity index (χ0) is 18.8. The van der Waals surface area contributed by atoms with Crippen molar-refractivity contribution in [3.05, 3.63) is 11.8 Å².